The number of aryl methyl sites for hydroxylation is 1. The Morgan fingerprint density at radius 1 is 1.18 bits per heavy atom. The Hall–Kier alpha value is -2.98. The van der Waals surface area contributed by atoms with Crippen LogP contribution in [0.2, 0.25) is 0 Å². The maximum Gasteiger partial charge on any atom is 0.261 e. The SMILES string of the molecule is Cc1ccc(CNC(=O)COn2nnc3ccc(S(=O)(=O)N(C)C)cc32)cc1. The molecule has 0 spiro atoms. The zero-order valence-corrected chi connectivity index (χ0v) is 16.6. The molecule has 10 heteroatoms. The fourth-order valence-corrected chi connectivity index (χ4v) is 3.34. The fraction of sp³-hybridized carbons (Fsp3) is 0.278. The summed E-state index contributed by atoms with van der Waals surface area (Å²) >= 11 is 0. The molecule has 0 radical (unpaired) electrons. The molecule has 0 aliphatic rings. The predicted molar refractivity (Wildman–Crippen MR) is 103 cm³/mol. The number of carbonyl (C=O) groups excluding carboxylic acids is 1. The lowest BCUT2D eigenvalue weighted by atomic mass is 10.1. The van der Waals surface area contributed by atoms with Crippen LogP contribution in [0.3, 0.4) is 0 Å². The van der Waals surface area contributed by atoms with Gasteiger partial charge in [0.25, 0.3) is 5.91 Å². The van der Waals surface area contributed by atoms with E-state index in [1.807, 2.05) is 31.2 Å². The number of fused-ring (bicyclic) bond motifs is 1. The third-order valence-corrected chi connectivity index (χ3v) is 5.90. The minimum atomic E-state index is -3.61. The summed E-state index contributed by atoms with van der Waals surface area (Å²) < 4.78 is 25.7. The molecule has 3 rings (SSSR count). The summed E-state index contributed by atoms with van der Waals surface area (Å²) in [6.45, 7) is 2.09. The first-order chi connectivity index (χ1) is 13.3. The molecule has 1 amide bonds. The van der Waals surface area contributed by atoms with Gasteiger partial charge in [0.2, 0.25) is 10.0 Å². The van der Waals surface area contributed by atoms with E-state index >= 15 is 0 Å². The summed E-state index contributed by atoms with van der Waals surface area (Å²) in [6.07, 6.45) is 0. The topological polar surface area (TPSA) is 106 Å². The van der Waals surface area contributed by atoms with Crippen molar-refractivity contribution < 1.29 is 18.0 Å². The van der Waals surface area contributed by atoms with E-state index in [-0.39, 0.29) is 17.4 Å². The number of amides is 1. The molecule has 0 bridgehead atoms. The van der Waals surface area contributed by atoms with E-state index in [1.165, 1.54) is 32.3 Å². The number of carbonyl (C=O) groups is 1. The zero-order valence-electron chi connectivity index (χ0n) is 15.8. The van der Waals surface area contributed by atoms with Gasteiger partial charge in [-0.25, -0.2) is 12.7 Å². The third kappa shape index (κ3) is 4.29. The Labute approximate surface area is 162 Å². The molecule has 0 saturated carbocycles. The number of rotatable bonds is 7. The van der Waals surface area contributed by atoms with E-state index < -0.39 is 10.0 Å². The van der Waals surface area contributed by atoms with Crippen LogP contribution < -0.4 is 10.2 Å². The molecule has 0 atom stereocenters. The van der Waals surface area contributed by atoms with Crippen LogP contribution in [-0.4, -0.2) is 54.5 Å². The summed E-state index contributed by atoms with van der Waals surface area (Å²) in [5.41, 5.74) is 2.93. The average Bonchev–Trinajstić information content (AvgIpc) is 3.08. The maximum atomic E-state index is 12.3. The van der Waals surface area contributed by atoms with Crippen LogP contribution in [0.15, 0.2) is 47.4 Å². The zero-order chi connectivity index (χ0) is 20.3. The van der Waals surface area contributed by atoms with Crippen molar-refractivity contribution in [2.45, 2.75) is 18.4 Å². The molecule has 0 fully saturated rings. The van der Waals surface area contributed by atoms with Crippen LogP contribution in [0.1, 0.15) is 11.1 Å². The first-order valence-electron chi connectivity index (χ1n) is 8.51. The minimum absolute atomic E-state index is 0.0842. The van der Waals surface area contributed by atoms with Crippen LogP contribution >= 0.6 is 0 Å². The van der Waals surface area contributed by atoms with Crippen molar-refractivity contribution in [3.05, 3.63) is 53.6 Å². The van der Waals surface area contributed by atoms with Gasteiger partial charge in [0.15, 0.2) is 6.61 Å². The summed E-state index contributed by atoms with van der Waals surface area (Å²) in [7, 11) is -0.710. The largest absolute Gasteiger partial charge is 0.385 e. The molecule has 148 valence electrons. The minimum Gasteiger partial charge on any atom is -0.385 e. The molecular formula is C18H21N5O4S. The summed E-state index contributed by atoms with van der Waals surface area (Å²) in [4.78, 5) is 18.5. The van der Waals surface area contributed by atoms with E-state index in [9.17, 15) is 13.2 Å². The molecule has 0 saturated heterocycles. The third-order valence-electron chi connectivity index (χ3n) is 4.09. The van der Waals surface area contributed by atoms with Crippen molar-refractivity contribution in [3.63, 3.8) is 0 Å². The van der Waals surface area contributed by atoms with Gasteiger partial charge in [-0.1, -0.05) is 34.7 Å². The summed E-state index contributed by atoms with van der Waals surface area (Å²) in [5.74, 6) is -0.332. The van der Waals surface area contributed by atoms with Gasteiger partial charge in [-0.15, -0.1) is 5.10 Å². The van der Waals surface area contributed by atoms with Crippen molar-refractivity contribution in [1.82, 2.24) is 24.8 Å². The van der Waals surface area contributed by atoms with Gasteiger partial charge in [-0.3, -0.25) is 4.79 Å². The quantitative estimate of drug-likeness (QED) is 0.624. The second-order valence-electron chi connectivity index (χ2n) is 6.44. The van der Waals surface area contributed by atoms with Crippen molar-refractivity contribution in [1.29, 1.82) is 0 Å². The maximum absolute atomic E-state index is 12.3. The first-order valence-corrected chi connectivity index (χ1v) is 9.95. The smallest absolute Gasteiger partial charge is 0.261 e. The Kier molecular flexibility index (Phi) is 5.61. The highest BCUT2D eigenvalue weighted by Crippen LogP contribution is 2.18. The molecule has 2 aromatic carbocycles. The van der Waals surface area contributed by atoms with Gasteiger partial charge in [-0.2, -0.15) is 0 Å². The lowest BCUT2D eigenvalue weighted by Crippen LogP contribution is -2.31. The highest BCUT2D eigenvalue weighted by atomic mass is 32.2. The van der Waals surface area contributed by atoms with E-state index in [0.717, 1.165) is 20.3 Å². The fourth-order valence-electron chi connectivity index (χ4n) is 2.42. The number of benzene rings is 2. The van der Waals surface area contributed by atoms with E-state index in [1.54, 1.807) is 0 Å². The van der Waals surface area contributed by atoms with Crippen LogP contribution in [0.5, 0.6) is 0 Å². The van der Waals surface area contributed by atoms with E-state index in [2.05, 4.69) is 15.6 Å². The highest BCUT2D eigenvalue weighted by molar-refractivity contribution is 7.89. The Morgan fingerprint density at radius 3 is 2.57 bits per heavy atom. The van der Waals surface area contributed by atoms with Gasteiger partial charge in [0, 0.05) is 20.6 Å². The summed E-state index contributed by atoms with van der Waals surface area (Å²) in [6, 6.07) is 12.2. The van der Waals surface area contributed by atoms with Gasteiger partial charge in [0.05, 0.1) is 4.90 Å². The monoisotopic (exact) mass is 403 g/mol. The number of nitrogens with zero attached hydrogens (tertiary/aromatic N) is 4. The molecule has 0 aliphatic carbocycles. The van der Waals surface area contributed by atoms with Gasteiger partial charge in [-0.05, 0) is 35.9 Å². The Bertz CT molecular complexity index is 1090. The number of hydrogen-bond donors (Lipinski definition) is 1. The molecule has 28 heavy (non-hydrogen) atoms. The van der Waals surface area contributed by atoms with Crippen molar-refractivity contribution in [2.75, 3.05) is 20.7 Å². The lowest BCUT2D eigenvalue weighted by molar-refractivity contribution is -0.126. The molecule has 0 aliphatic heterocycles. The second-order valence-corrected chi connectivity index (χ2v) is 8.59. The first kappa shape index (κ1) is 19.8. The molecule has 3 aromatic rings. The number of sulfonamides is 1. The Balaban J connectivity index is 1.67. The number of nitrogens with one attached hydrogen (secondary N) is 1. The second kappa shape index (κ2) is 7.95. The standard InChI is InChI=1S/C18H21N5O4S/c1-13-4-6-14(7-5-13)11-19-18(24)12-27-23-17-10-15(28(25,26)22(2)3)8-9-16(17)20-21-23/h4-10H,11-12H2,1-3H3,(H,19,24). The predicted octanol–water partition coefficient (Wildman–Crippen LogP) is 0.735. The molecule has 0 unspecified atom stereocenters. The van der Waals surface area contributed by atoms with Crippen LogP contribution in [-0.2, 0) is 21.4 Å². The van der Waals surface area contributed by atoms with Crippen LogP contribution in [0, 0.1) is 6.92 Å². The van der Waals surface area contributed by atoms with E-state index in [0.29, 0.717) is 17.6 Å². The van der Waals surface area contributed by atoms with Gasteiger partial charge < -0.3 is 10.2 Å². The van der Waals surface area contributed by atoms with Crippen LogP contribution in [0.25, 0.3) is 11.0 Å². The van der Waals surface area contributed by atoms with Gasteiger partial charge in [0.1, 0.15) is 11.0 Å². The molecule has 9 nitrogen and oxygen atoms in total. The average molecular weight is 403 g/mol. The molecule has 1 aromatic heterocycles. The summed E-state index contributed by atoms with van der Waals surface area (Å²) in [5, 5.41) is 10.5. The van der Waals surface area contributed by atoms with Crippen molar-refractivity contribution >= 4 is 27.0 Å². The van der Waals surface area contributed by atoms with E-state index in [4.69, 9.17) is 4.84 Å². The van der Waals surface area contributed by atoms with Crippen molar-refractivity contribution in [3.8, 4) is 0 Å². The number of hydrogen-bond acceptors (Lipinski definition) is 6. The van der Waals surface area contributed by atoms with Crippen molar-refractivity contribution in [2.24, 2.45) is 0 Å². The Morgan fingerprint density at radius 2 is 1.89 bits per heavy atom. The molecule has 1 N–H and O–H groups in total. The van der Waals surface area contributed by atoms with Gasteiger partial charge >= 0.3 is 0 Å². The lowest BCUT2D eigenvalue weighted by Gasteiger charge is -2.11. The highest BCUT2D eigenvalue weighted by Gasteiger charge is 2.19. The van der Waals surface area contributed by atoms with Crippen LogP contribution in [0.4, 0.5) is 0 Å². The number of aromatic nitrogens is 3. The molecular weight excluding hydrogens is 382 g/mol. The normalized spacial score (nSPS) is 11.7. The molecule has 1 heterocycles.